The van der Waals surface area contributed by atoms with Crippen molar-refractivity contribution in [3.63, 3.8) is 0 Å². The highest BCUT2D eigenvalue weighted by atomic mass is 16.5. The highest BCUT2D eigenvalue weighted by Crippen LogP contribution is 2.44. The molecule has 4 heterocycles. The van der Waals surface area contributed by atoms with Crippen LogP contribution in [0.5, 0.6) is 5.75 Å². The van der Waals surface area contributed by atoms with Crippen molar-refractivity contribution in [2.75, 3.05) is 33.8 Å². The Morgan fingerprint density at radius 2 is 1.86 bits per heavy atom. The van der Waals surface area contributed by atoms with Gasteiger partial charge in [0.05, 0.1) is 19.0 Å². The van der Waals surface area contributed by atoms with Crippen molar-refractivity contribution in [1.29, 1.82) is 0 Å². The molecule has 7 nitrogen and oxygen atoms in total. The molecule has 2 aliphatic rings. The number of imidazole rings is 1. The second-order valence-corrected chi connectivity index (χ2v) is 8.18. The molecule has 150 valence electrons. The predicted octanol–water partition coefficient (Wildman–Crippen LogP) is 2.35. The molecular formula is C22H25N5O2. The van der Waals surface area contributed by atoms with E-state index in [0.717, 1.165) is 31.0 Å². The Kier molecular flexibility index (Phi) is 4.28. The summed E-state index contributed by atoms with van der Waals surface area (Å²) in [5.41, 5.74) is 3.35. The van der Waals surface area contributed by atoms with Gasteiger partial charge in [-0.3, -0.25) is 9.69 Å². The van der Waals surface area contributed by atoms with E-state index in [4.69, 9.17) is 4.74 Å². The van der Waals surface area contributed by atoms with Gasteiger partial charge >= 0.3 is 0 Å². The fourth-order valence-electron chi connectivity index (χ4n) is 5.10. The minimum atomic E-state index is 0.0571. The maximum atomic E-state index is 13.3. The lowest BCUT2D eigenvalue weighted by molar-refractivity contribution is 0.0769. The summed E-state index contributed by atoms with van der Waals surface area (Å²) in [5, 5.41) is 0. The Bertz CT molecular complexity index is 1060. The normalized spacial score (nSPS) is 24.2. The number of pyridine rings is 1. The highest BCUT2D eigenvalue weighted by Gasteiger charge is 2.47. The summed E-state index contributed by atoms with van der Waals surface area (Å²) in [5.74, 6) is 1.84. The predicted molar refractivity (Wildman–Crippen MR) is 110 cm³/mol. The molecule has 2 fully saturated rings. The molecule has 0 unspecified atom stereocenters. The molecule has 3 aromatic rings. The third-order valence-corrected chi connectivity index (χ3v) is 6.47. The topological polar surface area (TPSA) is 63.5 Å². The summed E-state index contributed by atoms with van der Waals surface area (Å²) in [7, 11) is 5.76. The van der Waals surface area contributed by atoms with Crippen LogP contribution in [0.15, 0.2) is 42.9 Å². The lowest BCUT2D eigenvalue weighted by Gasteiger charge is -2.27. The van der Waals surface area contributed by atoms with Crippen LogP contribution in [-0.2, 0) is 7.05 Å². The molecule has 5 rings (SSSR count). The number of benzene rings is 1. The first-order valence-electron chi connectivity index (χ1n) is 9.96. The smallest absolute Gasteiger partial charge is 0.256 e. The largest absolute Gasteiger partial charge is 0.497 e. The number of carbonyl (C=O) groups excluding carboxylic acids is 1. The minimum absolute atomic E-state index is 0.0571. The molecule has 29 heavy (non-hydrogen) atoms. The van der Waals surface area contributed by atoms with Crippen molar-refractivity contribution in [3.05, 3.63) is 54.0 Å². The molecule has 7 heteroatoms. The van der Waals surface area contributed by atoms with Crippen molar-refractivity contribution < 1.29 is 9.53 Å². The van der Waals surface area contributed by atoms with Gasteiger partial charge in [0.25, 0.3) is 5.91 Å². The molecular weight excluding hydrogens is 366 g/mol. The Balaban J connectivity index is 1.40. The van der Waals surface area contributed by atoms with Gasteiger partial charge < -0.3 is 14.2 Å². The molecule has 0 N–H and O–H groups in total. The lowest BCUT2D eigenvalue weighted by atomic mass is 9.89. The Morgan fingerprint density at radius 3 is 2.62 bits per heavy atom. The number of carbonyl (C=O) groups is 1. The average molecular weight is 391 g/mol. The zero-order valence-electron chi connectivity index (χ0n) is 16.9. The maximum absolute atomic E-state index is 13.3. The van der Waals surface area contributed by atoms with Gasteiger partial charge in [-0.2, -0.15) is 0 Å². The van der Waals surface area contributed by atoms with Crippen LogP contribution in [0.3, 0.4) is 0 Å². The van der Waals surface area contributed by atoms with E-state index in [9.17, 15) is 4.79 Å². The molecule has 0 saturated carbocycles. The van der Waals surface area contributed by atoms with Gasteiger partial charge in [-0.1, -0.05) is 12.1 Å². The molecule has 3 atom stereocenters. The summed E-state index contributed by atoms with van der Waals surface area (Å²) in [6.45, 7) is 2.55. The minimum Gasteiger partial charge on any atom is -0.497 e. The van der Waals surface area contributed by atoms with E-state index < -0.39 is 0 Å². The lowest BCUT2D eigenvalue weighted by Crippen LogP contribution is -2.33. The molecule has 0 aliphatic carbocycles. The molecule has 0 bridgehead atoms. The van der Waals surface area contributed by atoms with E-state index in [2.05, 4.69) is 34.0 Å². The van der Waals surface area contributed by atoms with Crippen molar-refractivity contribution in [2.45, 2.75) is 6.04 Å². The van der Waals surface area contributed by atoms with Gasteiger partial charge in [0.1, 0.15) is 11.3 Å². The van der Waals surface area contributed by atoms with Gasteiger partial charge in [-0.15, -0.1) is 0 Å². The van der Waals surface area contributed by atoms with Crippen molar-refractivity contribution in [2.24, 2.45) is 18.9 Å². The van der Waals surface area contributed by atoms with E-state index in [-0.39, 0.29) is 5.91 Å². The van der Waals surface area contributed by atoms with Crippen LogP contribution in [0, 0.1) is 11.8 Å². The van der Waals surface area contributed by atoms with Crippen molar-refractivity contribution in [1.82, 2.24) is 24.3 Å². The number of methoxy groups -OCH3 is 1. The number of hydrogen-bond donors (Lipinski definition) is 0. The molecule has 0 radical (unpaired) electrons. The third-order valence-electron chi connectivity index (χ3n) is 6.47. The van der Waals surface area contributed by atoms with E-state index in [1.165, 1.54) is 5.56 Å². The van der Waals surface area contributed by atoms with Gasteiger partial charge in [0.2, 0.25) is 0 Å². The Morgan fingerprint density at radius 1 is 1.07 bits per heavy atom. The van der Waals surface area contributed by atoms with Crippen LogP contribution >= 0.6 is 0 Å². The number of hydrogen-bond acceptors (Lipinski definition) is 5. The fraction of sp³-hybridized carbons (Fsp3) is 0.409. The first kappa shape index (κ1) is 18.1. The molecule has 2 saturated heterocycles. The van der Waals surface area contributed by atoms with Crippen LogP contribution in [0.1, 0.15) is 22.0 Å². The summed E-state index contributed by atoms with van der Waals surface area (Å²) in [6, 6.07) is 10.4. The first-order chi connectivity index (χ1) is 14.1. The highest BCUT2D eigenvalue weighted by molar-refractivity contribution is 6.04. The zero-order chi connectivity index (χ0) is 20.1. The summed E-state index contributed by atoms with van der Waals surface area (Å²) >= 11 is 0. The van der Waals surface area contributed by atoms with Gasteiger partial charge in [0.15, 0.2) is 5.65 Å². The Labute approximate surface area is 169 Å². The quantitative estimate of drug-likeness (QED) is 0.686. The molecule has 2 aliphatic heterocycles. The first-order valence-corrected chi connectivity index (χ1v) is 9.96. The van der Waals surface area contributed by atoms with Crippen LogP contribution in [0.4, 0.5) is 0 Å². The zero-order valence-corrected chi connectivity index (χ0v) is 16.9. The molecule has 1 aromatic carbocycles. The molecule has 1 amide bonds. The average Bonchev–Trinajstić information content (AvgIpc) is 3.40. The number of fused-ring (bicyclic) bond motifs is 2. The number of aryl methyl sites for hydroxylation is 1. The summed E-state index contributed by atoms with van der Waals surface area (Å²) in [4.78, 5) is 26.5. The van der Waals surface area contributed by atoms with Crippen molar-refractivity contribution in [3.8, 4) is 5.75 Å². The number of rotatable bonds is 3. The second kappa shape index (κ2) is 6.84. The number of aromatic nitrogens is 3. The number of amides is 1. The van der Waals surface area contributed by atoms with Crippen LogP contribution < -0.4 is 4.74 Å². The van der Waals surface area contributed by atoms with Gasteiger partial charge in [-0.25, -0.2) is 9.97 Å². The summed E-state index contributed by atoms with van der Waals surface area (Å²) in [6.07, 6.45) is 3.41. The summed E-state index contributed by atoms with van der Waals surface area (Å²) < 4.78 is 7.15. The monoisotopic (exact) mass is 391 g/mol. The number of nitrogens with zero attached hydrogens (tertiary/aromatic N) is 5. The molecule has 2 aromatic heterocycles. The standard InChI is InChI=1S/C22H25N5O2/c1-25-10-15-11-27(12-18(15)20(25)14-4-6-16(29-3)7-5-14)22(28)17-8-9-23-21-19(17)24-13-26(21)2/h4-9,13,15,18,20H,10-12H2,1-3H3/t15-,18+,20-/m0/s1. The van der Waals surface area contributed by atoms with E-state index in [1.807, 2.05) is 28.6 Å². The third kappa shape index (κ3) is 2.88. The SMILES string of the molecule is COc1ccc([C@H]2[C@@H]3CN(C(=O)c4ccnc5c4ncn5C)C[C@@H]3CN2C)cc1. The maximum Gasteiger partial charge on any atom is 0.256 e. The fourth-order valence-corrected chi connectivity index (χ4v) is 5.10. The van der Waals surface area contributed by atoms with Gasteiger partial charge in [-0.05, 0) is 36.7 Å². The molecule has 0 spiro atoms. The van der Waals surface area contributed by atoms with E-state index in [0.29, 0.717) is 29.0 Å². The number of likely N-dealkylation sites (tertiary alicyclic amines) is 2. The Hall–Kier alpha value is -2.93. The van der Waals surface area contributed by atoms with Crippen LogP contribution in [-0.4, -0.2) is 64.0 Å². The van der Waals surface area contributed by atoms with E-state index in [1.54, 1.807) is 25.7 Å². The second-order valence-electron chi connectivity index (χ2n) is 8.18. The van der Waals surface area contributed by atoms with Crippen LogP contribution in [0.2, 0.25) is 0 Å². The van der Waals surface area contributed by atoms with Crippen LogP contribution in [0.25, 0.3) is 11.2 Å². The number of ether oxygens (including phenoxy) is 1. The van der Waals surface area contributed by atoms with E-state index >= 15 is 0 Å². The van der Waals surface area contributed by atoms with Gasteiger partial charge in [0, 0.05) is 44.8 Å². The van der Waals surface area contributed by atoms with Crippen molar-refractivity contribution >= 4 is 17.1 Å².